The Morgan fingerprint density at radius 3 is 2.00 bits per heavy atom. The first kappa shape index (κ1) is 27.0. The molecule has 3 nitrogen and oxygen atoms in total. The molecule has 0 N–H and O–H groups in total. The molecule has 0 atom stereocenters. The molecule has 206 valence electrons. The minimum absolute atomic E-state index is 0.0334. The third kappa shape index (κ3) is 5.03. The van der Waals surface area contributed by atoms with Crippen LogP contribution in [0.15, 0.2) is 133 Å². The molecule has 6 heteroatoms. The van der Waals surface area contributed by atoms with E-state index in [1.165, 1.54) is 18.2 Å². The predicted octanol–water partition coefficient (Wildman–Crippen LogP) is 10.2. The summed E-state index contributed by atoms with van der Waals surface area (Å²) in [4.78, 5) is 8.59. The minimum atomic E-state index is -4.53. The van der Waals surface area contributed by atoms with E-state index in [2.05, 4.69) is 34.7 Å². The van der Waals surface area contributed by atoms with Crippen LogP contribution in [0.4, 0.5) is 13.2 Å². The first-order chi connectivity index (χ1) is 20.3. The third-order valence-electron chi connectivity index (χ3n) is 7.25. The van der Waals surface area contributed by atoms with Crippen LogP contribution in [0.3, 0.4) is 0 Å². The number of aromatic nitrogens is 2. The van der Waals surface area contributed by atoms with Gasteiger partial charge in [-0.3, -0.25) is 9.97 Å². The topological polar surface area (TPSA) is 38.9 Å². The van der Waals surface area contributed by atoms with Gasteiger partial charge in [0, 0.05) is 58.0 Å². The summed E-state index contributed by atoms with van der Waals surface area (Å²) in [6.07, 6.45) is 5.60. The lowest BCUT2D eigenvalue weighted by molar-refractivity contribution is -0.137. The van der Waals surface area contributed by atoms with Crippen LogP contribution in [0.25, 0.3) is 49.9 Å². The van der Waals surface area contributed by atoms with Gasteiger partial charge >= 0.3 is 6.18 Å². The van der Waals surface area contributed by atoms with Crippen molar-refractivity contribution in [2.45, 2.75) is 13.1 Å². The van der Waals surface area contributed by atoms with Crippen LogP contribution in [-0.4, -0.2) is 9.97 Å². The molecule has 42 heavy (non-hydrogen) atoms. The lowest BCUT2D eigenvalue weighted by atomic mass is 9.93. The minimum Gasteiger partial charge on any atom is -0.455 e. The summed E-state index contributed by atoms with van der Waals surface area (Å²) in [5.41, 5.74) is 6.49. The maximum absolute atomic E-state index is 14.0. The molecule has 6 rings (SSSR count). The van der Waals surface area contributed by atoms with Crippen LogP contribution >= 0.6 is 0 Å². The average Bonchev–Trinajstić information content (AvgIpc) is 3.36. The van der Waals surface area contributed by atoms with Gasteiger partial charge in [0.05, 0.1) is 5.56 Å². The van der Waals surface area contributed by atoms with Crippen molar-refractivity contribution in [1.82, 2.24) is 9.97 Å². The number of alkyl halides is 3. The summed E-state index contributed by atoms with van der Waals surface area (Å²) in [5.74, 6) is 0.366. The number of benzene rings is 3. The summed E-state index contributed by atoms with van der Waals surface area (Å²) in [5, 5.41) is 0.816. The van der Waals surface area contributed by atoms with E-state index in [1.807, 2.05) is 61.8 Å². The molecule has 0 radical (unpaired) electrons. The molecule has 3 aromatic carbocycles. The fourth-order valence-electron chi connectivity index (χ4n) is 5.28. The van der Waals surface area contributed by atoms with Crippen molar-refractivity contribution in [2.75, 3.05) is 0 Å². The molecule has 0 saturated carbocycles. The number of fused-ring (bicyclic) bond motifs is 1. The Bertz CT molecular complexity index is 1880. The first-order valence-corrected chi connectivity index (χ1v) is 13.3. The molecule has 0 aliphatic carbocycles. The number of nitrogens with zero attached hydrogens (tertiary/aromatic N) is 2. The Kier molecular flexibility index (Phi) is 7.05. The lowest BCUT2D eigenvalue weighted by Gasteiger charge is -2.14. The van der Waals surface area contributed by atoms with Crippen molar-refractivity contribution < 1.29 is 17.6 Å². The van der Waals surface area contributed by atoms with Gasteiger partial charge in [-0.15, -0.1) is 0 Å². The highest BCUT2D eigenvalue weighted by atomic mass is 19.4. The van der Waals surface area contributed by atoms with Gasteiger partial charge in [-0.25, -0.2) is 0 Å². The average molecular weight is 559 g/mol. The molecule has 0 unspecified atom stereocenters. The molecule has 6 aromatic rings. The second-order valence-electron chi connectivity index (χ2n) is 9.88. The SMILES string of the molecule is C=C/C=C(/c1ccccc1C(F)(F)F)c1oc2c(-c3cc(-c4cccnc4)cc(-c4cccnc4)c3)cccc2c1C. The Morgan fingerprint density at radius 2 is 1.40 bits per heavy atom. The molecule has 0 saturated heterocycles. The number of hydrogen-bond acceptors (Lipinski definition) is 3. The van der Waals surface area contributed by atoms with E-state index in [9.17, 15) is 13.2 Å². The van der Waals surface area contributed by atoms with E-state index in [-0.39, 0.29) is 5.56 Å². The lowest BCUT2D eigenvalue weighted by Crippen LogP contribution is -2.09. The monoisotopic (exact) mass is 558 g/mol. The normalized spacial score (nSPS) is 12.0. The number of hydrogen-bond donors (Lipinski definition) is 0. The molecule has 0 bridgehead atoms. The second-order valence-corrected chi connectivity index (χ2v) is 9.88. The van der Waals surface area contributed by atoms with E-state index in [0.717, 1.165) is 50.4 Å². The van der Waals surface area contributed by atoms with Crippen molar-refractivity contribution in [2.24, 2.45) is 0 Å². The standard InChI is InChI=1S/C36H25F3N2O/c1-3-9-32(31-12-4-5-15-33(31)36(37,38)39)34-23(2)29-13-6-14-30(35(29)42-34)28-19-26(24-10-7-16-40-21-24)18-27(20-28)25-11-8-17-41-22-25/h3-22H,1H2,2H3/b32-9-. The Labute approximate surface area is 241 Å². The number of furan rings is 1. The largest absolute Gasteiger partial charge is 0.455 e. The second kappa shape index (κ2) is 11.0. The van der Waals surface area contributed by atoms with Crippen LogP contribution in [0, 0.1) is 6.92 Å². The highest BCUT2D eigenvalue weighted by Crippen LogP contribution is 2.43. The third-order valence-corrected chi connectivity index (χ3v) is 7.25. The quantitative estimate of drug-likeness (QED) is 0.191. The molecular formula is C36H25F3N2O. The van der Waals surface area contributed by atoms with Gasteiger partial charge in [0.15, 0.2) is 0 Å². The van der Waals surface area contributed by atoms with Crippen molar-refractivity contribution in [3.05, 3.63) is 151 Å². The Hall–Kier alpha value is -5.23. The van der Waals surface area contributed by atoms with Gasteiger partial charge in [-0.2, -0.15) is 13.2 Å². The maximum atomic E-state index is 14.0. The van der Waals surface area contributed by atoms with Crippen molar-refractivity contribution >= 4 is 16.5 Å². The molecule has 3 heterocycles. The number of para-hydroxylation sites is 1. The van der Waals surface area contributed by atoms with Crippen LogP contribution < -0.4 is 0 Å². The number of rotatable bonds is 6. The smallest absolute Gasteiger partial charge is 0.417 e. The van der Waals surface area contributed by atoms with E-state index in [4.69, 9.17) is 4.42 Å². The van der Waals surface area contributed by atoms with Gasteiger partial charge in [0.2, 0.25) is 0 Å². The molecule has 0 fully saturated rings. The zero-order valence-corrected chi connectivity index (χ0v) is 22.7. The van der Waals surface area contributed by atoms with Crippen molar-refractivity contribution in [1.29, 1.82) is 0 Å². The van der Waals surface area contributed by atoms with Gasteiger partial charge in [0.1, 0.15) is 11.3 Å². The summed E-state index contributed by atoms with van der Waals surface area (Å²) in [7, 11) is 0. The first-order valence-electron chi connectivity index (χ1n) is 13.3. The molecule has 0 aliphatic heterocycles. The summed E-state index contributed by atoms with van der Waals surface area (Å²) >= 11 is 0. The molecule has 3 aromatic heterocycles. The fraction of sp³-hybridized carbons (Fsp3) is 0.0556. The summed E-state index contributed by atoms with van der Waals surface area (Å²) in [6.45, 7) is 5.63. The maximum Gasteiger partial charge on any atom is 0.417 e. The van der Waals surface area contributed by atoms with E-state index in [1.54, 1.807) is 24.5 Å². The van der Waals surface area contributed by atoms with Crippen LogP contribution in [0.1, 0.15) is 22.5 Å². The Morgan fingerprint density at radius 1 is 0.762 bits per heavy atom. The van der Waals surface area contributed by atoms with Crippen LogP contribution in [-0.2, 0) is 6.18 Å². The van der Waals surface area contributed by atoms with Gasteiger partial charge < -0.3 is 4.42 Å². The fourth-order valence-corrected chi connectivity index (χ4v) is 5.28. The number of halogens is 3. The predicted molar refractivity (Wildman–Crippen MR) is 162 cm³/mol. The zero-order valence-electron chi connectivity index (χ0n) is 22.7. The highest BCUT2D eigenvalue weighted by molar-refractivity contribution is 5.99. The van der Waals surface area contributed by atoms with Crippen molar-refractivity contribution in [3.63, 3.8) is 0 Å². The molecule has 0 aliphatic rings. The highest BCUT2D eigenvalue weighted by Gasteiger charge is 2.34. The zero-order chi connectivity index (χ0) is 29.3. The summed E-state index contributed by atoms with van der Waals surface area (Å²) in [6, 6.07) is 25.4. The molecule has 0 amide bonds. The van der Waals surface area contributed by atoms with E-state index >= 15 is 0 Å². The van der Waals surface area contributed by atoms with Gasteiger partial charge in [-0.1, -0.05) is 67.3 Å². The van der Waals surface area contributed by atoms with Gasteiger partial charge in [-0.05, 0) is 65.6 Å². The van der Waals surface area contributed by atoms with Crippen molar-refractivity contribution in [3.8, 4) is 33.4 Å². The number of allylic oxidation sites excluding steroid dienone is 2. The number of pyridine rings is 2. The Balaban J connectivity index is 1.58. The molecular weight excluding hydrogens is 533 g/mol. The van der Waals surface area contributed by atoms with E-state index < -0.39 is 11.7 Å². The molecule has 0 spiro atoms. The van der Waals surface area contributed by atoms with Gasteiger partial charge in [0.25, 0.3) is 0 Å². The number of aryl methyl sites for hydroxylation is 1. The van der Waals surface area contributed by atoms with Crippen LogP contribution in [0.5, 0.6) is 0 Å². The van der Waals surface area contributed by atoms with E-state index in [0.29, 0.717) is 16.9 Å². The van der Waals surface area contributed by atoms with Crippen LogP contribution in [0.2, 0.25) is 0 Å². The summed E-state index contributed by atoms with van der Waals surface area (Å²) < 4.78 is 48.6.